The minimum atomic E-state index is -0.167. The Morgan fingerprint density at radius 2 is 2.00 bits per heavy atom. The van der Waals surface area contributed by atoms with Gasteiger partial charge in [-0.1, -0.05) is 29.3 Å². The Morgan fingerprint density at radius 1 is 1.30 bits per heavy atom. The van der Waals surface area contributed by atoms with Crippen molar-refractivity contribution < 1.29 is 9.21 Å². The van der Waals surface area contributed by atoms with Crippen molar-refractivity contribution >= 4 is 40.9 Å². The third kappa shape index (κ3) is 3.95. The highest BCUT2D eigenvalue weighted by atomic mass is 35.5. The Morgan fingerprint density at radius 3 is 2.60 bits per heavy atom. The van der Waals surface area contributed by atoms with Crippen LogP contribution >= 0.6 is 35.0 Å². The average Bonchev–Trinajstić information content (AvgIpc) is 2.92. The average molecular weight is 330 g/mol. The first-order chi connectivity index (χ1) is 9.58. The molecule has 1 aromatic heterocycles. The quantitative estimate of drug-likeness (QED) is 0.818. The summed E-state index contributed by atoms with van der Waals surface area (Å²) in [7, 11) is 0. The van der Waals surface area contributed by atoms with Crippen LogP contribution in [0.25, 0.3) is 0 Å². The summed E-state index contributed by atoms with van der Waals surface area (Å²) in [6.07, 6.45) is 1.58. The molecule has 0 radical (unpaired) electrons. The van der Waals surface area contributed by atoms with E-state index in [9.17, 15) is 4.79 Å². The Bertz CT molecular complexity index is 567. The summed E-state index contributed by atoms with van der Waals surface area (Å²) >= 11 is 13.4. The molecule has 0 fully saturated rings. The number of nitrogens with one attached hydrogen (secondary N) is 1. The molecule has 0 saturated carbocycles. The smallest absolute Gasteiger partial charge is 0.230 e. The van der Waals surface area contributed by atoms with E-state index in [1.165, 1.54) is 11.8 Å². The zero-order valence-corrected chi connectivity index (χ0v) is 13.1. The Labute approximate surface area is 131 Å². The van der Waals surface area contributed by atoms with Crippen molar-refractivity contribution in [2.24, 2.45) is 0 Å². The van der Waals surface area contributed by atoms with Crippen LogP contribution in [0.1, 0.15) is 18.7 Å². The fourth-order valence-electron chi connectivity index (χ4n) is 1.65. The summed E-state index contributed by atoms with van der Waals surface area (Å²) in [5.41, 5.74) is 0. The number of benzene rings is 1. The van der Waals surface area contributed by atoms with Crippen LogP contribution in [0, 0.1) is 0 Å². The monoisotopic (exact) mass is 329 g/mol. The number of carbonyl (C=O) groups is 1. The predicted octanol–water partition coefficient (Wildman–Crippen LogP) is 4.56. The molecular weight excluding hydrogens is 317 g/mol. The van der Waals surface area contributed by atoms with Crippen LogP contribution in [0.2, 0.25) is 10.0 Å². The maximum atomic E-state index is 11.9. The number of thioether (sulfide) groups is 1. The second-order valence-corrected chi connectivity index (χ2v) is 5.94. The third-order valence-corrected chi connectivity index (χ3v) is 4.60. The second kappa shape index (κ2) is 7.07. The van der Waals surface area contributed by atoms with Crippen LogP contribution < -0.4 is 5.32 Å². The number of halogens is 2. The van der Waals surface area contributed by atoms with Crippen molar-refractivity contribution in [3.63, 3.8) is 0 Å². The van der Waals surface area contributed by atoms with Crippen molar-refractivity contribution in [2.75, 3.05) is 5.75 Å². The lowest BCUT2D eigenvalue weighted by molar-refractivity contribution is -0.119. The molecule has 3 nitrogen and oxygen atoms in total. The lowest BCUT2D eigenvalue weighted by atomic mass is 10.2. The molecule has 1 aromatic carbocycles. The Kier molecular flexibility index (Phi) is 5.40. The fourth-order valence-corrected chi connectivity index (χ4v) is 3.15. The highest BCUT2D eigenvalue weighted by molar-refractivity contribution is 8.00. The van der Waals surface area contributed by atoms with E-state index >= 15 is 0 Å². The number of amides is 1. The first kappa shape index (κ1) is 15.3. The van der Waals surface area contributed by atoms with Gasteiger partial charge in [-0.25, -0.2) is 0 Å². The first-order valence-corrected chi connectivity index (χ1v) is 7.71. The van der Waals surface area contributed by atoms with Crippen molar-refractivity contribution in [3.05, 3.63) is 52.4 Å². The van der Waals surface area contributed by atoms with E-state index in [2.05, 4.69) is 5.32 Å². The van der Waals surface area contributed by atoms with E-state index in [0.717, 1.165) is 10.7 Å². The number of hydrogen-bond acceptors (Lipinski definition) is 3. The van der Waals surface area contributed by atoms with Gasteiger partial charge in [0.25, 0.3) is 0 Å². The van der Waals surface area contributed by atoms with Gasteiger partial charge < -0.3 is 9.73 Å². The molecule has 1 atom stereocenters. The fraction of sp³-hybridized carbons (Fsp3) is 0.214. The summed E-state index contributed by atoms with van der Waals surface area (Å²) < 4.78 is 5.23. The van der Waals surface area contributed by atoms with Gasteiger partial charge in [-0.15, -0.1) is 11.8 Å². The lowest BCUT2D eigenvalue weighted by Gasteiger charge is -2.12. The standard InChI is InChI=1S/C14H13Cl2NO2S/c1-9(12-6-3-7-19-12)17-13(18)8-20-14-10(15)4-2-5-11(14)16/h2-7,9H,8H2,1H3,(H,17,18). The summed E-state index contributed by atoms with van der Waals surface area (Å²) in [6.45, 7) is 1.86. The Hall–Kier alpha value is -1.10. The number of furan rings is 1. The molecule has 2 aromatic rings. The van der Waals surface area contributed by atoms with Gasteiger partial charge in [-0.05, 0) is 31.2 Å². The largest absolute Gasteiger partial charge is 0.467 e. The van der Waals surface area contributed by atoms with E-state index in [1.807, 2.05) is 13.0 Å². The van der Waals surface area contributed by atoms with Gasteiger partial charge in [0.05, 0.1) is 28.1 Å². The predicted molar refractivity (Wildman–Crippen MR) is 82.5 cm³/mol. The van der Waals surface area contributed by atoms with Crippen molar-refractivity contribution in [3.8, 4) is 0 Å². The molecule has 6 heteroatoms. The first-order valence-electron chi connectivity index (χ1n) is 5.97. The zero-order chi connectivity index (χ0) is 14.5. The molecule has 20 heavy (non-hydrogen) atoms. The molecule has 1 unspecified atom stereocenters. The maximum Gasteiger partial charge on any atom is 0.230 e. The molecule has 0 aliphatic heterocycles. The van der Waals surface area contributed by atoms with Gasteiger partial charge in [0, 0.05) is 4.90 Å². The highest BCUT2D eigenvalue weighted by Crippen LogP contribution is 2.33. The van der Waals surface area contributed by atoms with Gasteiger partial charge in [-0.3, -0.25) is 4.79 Å². The van der Waals surface area contributed by atoms with E-state index in [4.69, 9.17) is 27.6 Å². The van der Waals surface area contributed by atoms with E-state index in [1.54, 1.807) is 30.5 Å². The minimum absolute atomic E-state index is 0.102. The normalized spacial score (nSPS) is 12.2. The van der Waals surface area contributed by atoms with Crippen LogP contribution in [0.5, 0.6) is 0 Å². The van der Waals surface area contributed by atoms with E-state index in [0.29, 0.717) is 10.0 Å². The highest BCUT2D eigenvalue weighted by Gasteiger charge is 2.13. The third-order valence-electron chi connectivity index (χ3n) is 2.61. The summed E-state index contributed by atoms with van der Waals surface area (Å²) in [6, 6.07) is 8.71. The summed E-state index contributed by atoms with van der Waals surface area (Å²) in [5.74, 6) is 0.864. The molecular formula is C14H13Cl2NO2S. The van der Waals surface area contributed by atoms with Gasteiger partial charge in [0.2, 0.25) is 5.91 Å². The number of hydrogen-bond donors (Lipinski definition) is 1. The second-order valence-electron chi connectivity index (χ2n) is 4.14. The molecule has 0 aliphatic rings. The van der Waals surface area contributed by atoms with E-state index < -0.39 is 0 Å². The Balaban J connectivity index is 1.89. The molecule has 2 rings (SSSR count). The van der Waals surface area contributed by atoms with Gasteiger partial charge in [0.1, 0.15) is 5.76 Å². The van der Waals surface area contributed by atoms with Crippen LogP contribution in [0.15, 0.2) is 45.9 Å². The molecule has 0 saturated heterocycles. The lowest BCUT2D eigenvalue weighted by Crippen LogP contribution is -2.27. The molecule has 1 heterocycles. The van der Waals surface area contributed by atoms with Gasteiger partial charge >= 0.3 is 0 Å². The zero-order valence-electron chi connectivity index (χ0n) is 10.7. The molecule has 1 N–H and O–H groups in total. The minimum Gasteiger partial charge on any atom is -0.467 e. The van der Waals surface area contributed by atoms with Crippen molar-refractivity contribution in [1.29, 1.82) is 0 Å². The van der Waals surface area contributed by atoms with Crippen molar-refractivity contribution in [2.45, 2.75) is 17.9 Å². The van der Waals surface area contributed by atoms with Crippen LogP contribution in [0.3, 0.4) is 0 Å². The number of carbonyl (C=O) groups excluding carboxylic acids is 1. The molecule has 1 amide bonds. The van der Waals surface area contributed by atoms with Gasteiger partial charge in [0.15, 0.2) is 0 Å². The summed E-state index contributed by atoms with van der Waals surface area (Å²) in [5, 5.41) is 3.95. The topological polar surface area (TPSA) is 42.2 Å². The molecule has 0 bridgehead atoms. The van der Waals surface area contributed by atoms with E-state index in [-0.39, 0.29) is 17.7 Å². The summed E-state index contributed by atoms with van der Waals surface area (Å²) in [4.78, 5) is 12.6. The van der Waals surface area contributed by atoms with Gasteiger partial charge in [-0.2, -0.15) is 0 Å². The number of rotatable bonds is 5. The maximum absolute atomic E-state index is 11.9. The SMILES string of the molecule is CC(NC(=O)CSc1c(Cl)cccc1Cl)c1ccco1. The molecule has 0 spiro atoms. The van der Waals surface area contributed by atoms with Crippen LogP contribution in [-0.4, -0.2) is 11.7 Å². The van der Waals surface area contributed by atoms with Crippen LogP contribution in [-0.2, 0) is 4.79 Å². The molecule has 0 aliphatic carbocycles. The molecule has 106 valence electrons. The van der Waals surface area contributed by atoms with Crippen molar-refractivity contribution in [1.82, 2.24) is 5.32 Å². The van der Waals surface area contributed by atoms with Crippen LogP contribution in [0.4, 0.5) is 0 Å².